The highest BCUT2D eigenvalue weighted by Gasteiger charge is 2.36. The molecular weight excluding hydrogens is 326 g/mol. The van der Waals surface area contributed by atoms with E-state index in [9.17, 15) is 14.7 Å². The highest BCUT2D eigenvalue weighted by atomic mass is 79.9. The van der Waals surface area contributed by atoms with Crippen LogP contribution in [-0.4, -0.2) is 35.2 Å². The largest absolute Gasteiger partial charge is 0.479 e. The zero-order valence-corrected chi connectivity index (χ0v) is 12.3. The van der Waals surface area contributed by atoms with Crippen molar-refractivity contribution in [3.8, 4) is 0 Å². The van der Waals surface area contributed by atoms with Gasteiger partial charge in [-0.3, -0.25) is 4.90 Å². The molecule has 1 aliphatic heterocycles. The number of hydrogen-bond acceptors (Lipinski definition) is 3. The Balaban J connectivity index is 2.34. The Morgan fingerprint density at radius 1 is 1.55 bits per heavy atom. The predicted octanol–water partition coefficient (Wildman–Crippen LogP) is 2.76. The third kappa shape index (κ3) is 2.85. The van der Waals surface area contributed by atoms with Gasteiger partial charge in [0.05, 0.1) is 0 Å². The molecule has 1 amide bonds. The first-order chi connectivity index (χ1) is 9.54. The Bertz CT molecular complexity index is 558. The van der Waals surface area contributed by atoms with Crippen LogP contribution >= 0.6 is 15.9 Å². The lowest BCUT2D eigenvalue weighted by atomic mass is 9.93. The average molecular weight is 340 g/mol. The number of fused-ring (bicyclic) bond motifs is 1. The summed E-state index contributed by atoms with van der Waals surface area (Å²) >= 11 is 3.33. The van der Waals surface area contributed by atoms with Gasteiger partial charge in [0.2, 0.25) is 0 Å². The van der Waals surface area contributed by atoms with E-state index in [-0.39, 0.29) is 6.61 Å². The fraction of sp³-hybridized carbons (Fsp3) is 0.286. The molecule has 106 valence electrons. The molecular formula is C14H14BrNO4. The Hall–Kier alpha value is -1.82. The standard InChI is InChI=1S/C14H14BrNO4/c1-2-7-20-14(19)16-6-5-9-3-4-10(15)8-11(9)12(16)13(17)18/h2-4,8,12H,1,5-7H2,(H,17,18). The van der Waals surface area contributed by atoms with Crippen molar-refractivity contribution in [3.63, 3.8) is 0 Å². The van der Waals surface area contributed by atoms with Gasteiger partial charge in [0, 0.05) is 11.0 Å². The monoisotopic (exact) mass is 339 g/mol. The second-order valence-electron chi connectivity index (χ2n) is 4.39. The van der Waals surface area contributed by atoms with Crippen molar-refractivity contribution in [1.29, 1.82) is 0 Å². The Kier molecular flexibility index (Phi) is 4.44. The van der Waals surface area contributed by atoms with Crippen LogP contribution in [0.25, 0.3) is 0 Å². The van der Waals surface area contributed by atoms with Crippen LogP contribution in [0.3, 0.4) is 0 Å². The van der Waals surface area contributed by atoms with E-state index in [0.29, 0.717) is 18.5 Å². The number of carbonyl (C=O) groups is 2. The maximum Gasteiger partial charge on any atom is 0.411 e. The van der Waals surface area contributed by atoms with Crippen LogP contribution in [-0.2, 0) is 16.0 Å². The lowest BCUT2D eigenvalue weighted by Gasteiger charge is -2.33. The highest BCUT2D eigenvalue weighted by molar-refractivity contribution is 9.10. The first-order valence-electron chi connectivity index (χ1n) is 6.10. The Morgan fingerprint density at radius 2 is 2.30 bits per heavy atom. The molecule has 0 bridgehead atoms. The van der Waals surface area contributed by atoms with Crippen molar-refractivity contribution in [3.05, 3.63) is 46.5 Å². The lowest BCUT2D eigenvalue weighted by Crippen LogP contribution is -2.43. The Morgan fingerprint density at radius 3 is 2.95 bits per heavy atom. The number of amides is 1. The van der Waals surface area contributed by atoms with E-state index in [4.69, 9.17) is 4.74 Å². The smallest absolute Gasteiger partial charge is 0.411 e. The quantitative estimate of drug-likeness (QED) is 0.860. The zero-order chi connectivity index (χ0) is 14.7. The van der Waals surface area contributed by atoms with Crippen molar-refractivity contribution >= 4 is 28.0 Å². The number of nitrogens with zero attached hydrogens (tertiary/aromatic N) is 1. The molecule has 0 saturated carbocycles. The van der Waals surface area contributed by atoms with E-state index in [1.807, 2.05) is 12.1 Å². The summed E-state index contributed by atoms with van der Waals surface area (Å²) in [5, 5.41) is 9.44. The first-order valence-corrected chi connectivity index (χ1v) is 6.89. The number of carboxylic acid groups (broad SMARTS) is 1. The van der Waals surface area contributed by atoms with Crippen molar-refractivity contribution in [1.82, 2.24) is 4.90 Å². The molecule has 20 heavy (non-hydrogen) atoms. The molecule has 0 spiro atoms. The molecule has 1 N–H and O–H groups in total. The Labute approximate surface area is 125 Å². The van der Waals surface area contributed by atoms with Crippen LogP contribution in [0.2, 0.25) is 0 Å². The molecule has 1 atom stereocenters. The van der Waals surface area contributed by atoms with Gasteiger partial charge >= 0.3 is 12.1 Å². The van der Waals surface area contributed by atoms with Gasteiger partial charge < -0.3 is 9.84 Å². The van der Waals surface area contributed by atoms with Gasteiger partial charge in [-0.2, -0.15) is 0 Å². The van der Waals surface area contributed by atoms with Crippen molar-refractivity contribution in [2.45, 2.75) is 12.5 Å². The fourth-order valence-electron chi connectivity index (χ4n) is 2.26. The van der Waals surface area contributed by atoms with Crippen molar-refractivity contribution in [2.75, 3.05) is 13.2 Å². The summed E-state index contributed by atoms with van der Waals surface area (Å²) in [7, 11) is 0. The second-order valence-corrected chi connectivity index (χ2v) is 5.31. The average Bonchev–Trinajstić information content (AvgIpc) is 2.42. The normalized spacial score (nSPS) is 17.2. The lowest BCUT2D eigenvalue weighted by molar-refractivity contribution is -0.143. The van der Waals surface area contributed by atoms with Crippen LogP contribution in [0.1, 0.15) is 17.2 Å². The molecule has 1 heterocycles. The van der Waals surface area contributed by atoms with E-state index in [0.717, 1.165) is 10.0 Å². The maximum absolute atomic E-state index is 11.9. The van der Waals surface area contributed by atoms with Gasteiger partial charge in [-0.05, 0) is 29.7 Å². The summed E-state index contributed by atoms with van der Waals surface area (Å²) in [6.45, 7) is 3.84. The molecule has 2 rings (SSSR count). The summed E-state index contributed by atoms with van der Waals surface area (Å²) < 4.78 is 5.73. The van der Waals surface area contributed by atoms with E-state index >= 15 is 0 Å². The zero-order valence-electron chi connectivity index (χ0n) is 10.7. The topological polar surface area (TPSA) is 66.8 Å². The molecule has 1 aliphatic rings. The molecule has 0 aliphatic carbocycles. The van der Waals surface area contributed by atoms with E-state index in [1.165, 1.54) is 11.0 Å². The molecule has 0 saturated heterocycles. The van der Waals surface area contributed by atoms with Gasteiger partial charge in [-0.15, -0.1) is 0 Å². The number of rotatable bonds is 3. The van der Waals surface area contributed by atoms with E-state index in [2.05, 4.69) is 22.5 Å². The fourth-order valence-corrected chi connectivity index (χ4v) is 2.64. The molecule has 1 aromatic rings. The number of ether oxygens (including phenoxy) is 1. The number of halogens is 1. The summed E-state index contributed by atoms with van der Waals surface area (Å²) in [6, 6.07) is 4.46. The van der Waals surface area contributed by atoms with Crippen LogP contribution in [0, 0.1) is 0 Å². The second kappa shape index (κ2) is 6.09. The minimum Gasteiger partial charge on any atom is -0.479 e. The minimum absolute atomic E-state index is 0.0625. The number of hydrogen-bond donors (Lipinski definition) is 1. The number of carbonyl (C=O) groups excluding carboxylic acids is 1. The molecule has 0 fully saturated rings. The molecule has 1 unspecified atom stereocenters. The van der Waals surface area contributed by atoms with Gasteiger partial charge in [0.25, 0.3) is 0 Å². The third-order valence-corrected chi connectivity index (χ3v) is 3.62. The molecule has 0 aromatic heterocycles. The SMILES string of the molecule is C=CCOC(=O)N1CCc2ccc(Br)cc2C1C(=O)O. The van der Waals surface area contributed by atoms with Gasteiger partial charge in [-0.1, -0.05) is 34.7 Å². The van der Waals surface area contributed by atoms with Crippen LogP contribution in [0.4, 0.5) is 4.79 Å². The first kappa shape index (κ1) is 14.6. The molecule has 1 aromatic carbocycles. The summed E-state index contributed by atoms with van der Waals surface area (Å²) in [4.78, 5) is 24.7. The van der Waals surface area contributed by atoms with E-state index in [1.54, 1.807) is 6.07 Å². The summed E-state index contributed by atoms with van der Waals surface area (Å²) in [6.07, 6.45) is 1.42. The molecule has 6 heteroatoms. The van der Waals surface area contributed by atoms with Gasteiger partial charge in [0.1, 0.15) is 6.61 Å². The van der Waals surface area contributed by atoms with Gasteiger partial charge in [0.15, 0.2) is 6.04 Å². The van der Waals surface area contributed by atoms with Crippen molar-refractivity contribution in [2.24, 2.45) is 0 Å². The summed E-state index contributed by atoms with van der Waals surface area (Å²) in [5.41, 5.74) is 1.56. The predicted molar refractivity (Wildman–Crippen MR) is 76.5 cm³/mol. The maximum atomic E-state index is 11.9. The van der Waals surface area contributed by atoms with Gasteiger partial charge in [-0.25, -0.2) is 9.59 Å². The number of carboxylic acids is 1. The van der Waals surface area contributed by atoms with Crippen LogP contribution < -0.4 is 0 Å². The van der Waals surface area contributed by atoms with E-state index < -0.39 is 18.1 Å². The molecule has 0 radical (unpaired) electrons. The number of benzene rings is 1. The third-order valence-electron chi connectivity index (χ3n) is 3.13. The van der Waals surface area contributed by atoms with Crippen LogP contribution in [0.5, 0.6) is 0 Å². The minimum atomic E-state index is -1.07. The molecule has 5 nitrogen and oxygen atoms in total. The van der Waals surface area contributed by atoms with Crippen LogP contribution in [0.15, 0.2) is 35.3 Å². The van der Waals surface area contributed by atoms with Crippen molar-refractivity contribution < 1.29 is 19.4 Å². The summed E-state index contributed by atoms with van der Waals surface area (Å²) in [5.74, 6) is -1.07. The highest BCUT2D eigenvalue weighted by Crippen LogP contribution is 2.32. The number of aliphatic carboxylic acids is 1.